The monoisotopic (exact) mass is 158 g/mol. The van der Waals surface area contributed by atoms with Gasteiger partial charge in [-0.3, -0.25) is 4.90 Å². The summed E-state index contributed by atoms with van der Waals surface area (Å²) in [6.07, 6.45) is 1.16. The van der Waals surface area contributed by atoms with Crippen LogP contribution in [-0.4, -0.2) is 43.8 Å². The van der Waals surface area contributed by atoms with E-state index in [2.05, 4.69) is 11.9 Å². The predicted molar refractivity (Wildman–Crippen MR) is 45.5 cm³/mol. The average Bonchev–Trinajstić information content (AvgIpc) is 2.35. The minimum absolute atomic E-state index is 0.264. The van der Waals surface area contributed by atoms with Gasteiger partial charge in [0.2, 0.25) is 0 Å². The lowest BCUT2D eigenvalue weighted by molar-refractivity contribution is 0.157. The standard InChI is InChI=1S/C8H18N2O/c1-7(9)5-10(2)8-3-4-11-6-8/h7-8H,3-6,9H2,1-2H3/t7-,8?/m0/s1. The smallest absolute Gasteiger partial charge is 0.0622 e. The lowest BCUT2D eigenvalue weighted by Gasteiger charge is -2.24. The Hall–Kier alpha value is -0.120. The molecule has 0 radical (unpaired) electrons. The van der Waals surface area contributed by atoms with Crippen LogP contribution in [-0.2, 0) is 4.74 Å². The predicted octanol–water partition coefficient (Wildman–Crippen LogP) is 0.0543. The fraction of sp³-hybridized carbons (Fsp3) is 1.00. The van der Waals surface area contributed by atoms with E-state index in [1.807, 2.05) is 6.92 Å². The Balaban J connectivity index is 2.22. The van der Waals surface area contributed by atoms with Crippen molar-refractivity contribution in [3.05, 3.63) is 0 Å². The minimum atomic E-state index is 0.264. The van der Waals surface area contributed by atoms with Crippen LogP contribution in [0.3, 0.4) is 0 Å². The van der Waals surface area contributed by atoms with Crippen molar-refractivity contribution in [1.82, 2.24) is 4.90 Å². The lowest BCUT2D eigenvalue weighted by atomic mass is 10.2. The molecule has 0 amide bonds. The van der Waals surface area contributed by atoms with Gasteiger partial charge in [0.05, 0.1) is 6.61 Å². The van der Waals surface area contributed by atoms with Gasteiger partial charge in [-0.25, -0.2) is 0 Å². The molecule has 0 bridgehead atoms. The Labute approximate surface area is 68.5 Å². The SMILES string of the molecule is C[C@H](N)CN(C)C1CCOC1. The van der Waals surface area contributed by atoms with Crippen LogP contribution in [0.5, 0.6) is 0 Å². The summed E-state index contributed by atoms with van der Waals surface area (Å²) in [5.74, 6) is 0. The van der Waals surface area contributed by atoms with Gasteiger partial charge >= 0.3 is 0 Å². The molecule has 1 rings (SSSR count). The van der Waals surface area contributed by atoms with Gasteiger partial charge in [0.25, 0.3) is 0 Å². The van der Waals surface area contributed by atoms with Crippen molar-refractivity contribution in [2.24, 2.45) is 5.73 Å². The van der Waals surface area contributed by atoms with Crippen molar-refractivity contribution in [1.29, 1.82) is 0 Å². The van der Waals surface area contributed by atoms with Gasteiger partial charge in [-0.2, -0.15) is 0 Å². The van der Waals surface area contributed by atoms with Gasteiger partial charge in [-0.15, -0.1) is 0 Å². The molecule has 66 valence electrons. The van der Waals surface area contributed by atoms with E-state index >= 15 is 0 Å². The van der Waals surface area contributed by atoms with E-state index in [1.165, 1.54) is 0 Å². The van der Waals surface area contributed by atoms with E-state index in [-0.39, 0.29) is 6.04 Å². The van der Waals surface area contributed by atoms with Crippen molar-refractivity contribution < 1.29 is 4.74 Å². The first-order chi connectivity index (χ1) is 5.20. The lowest BCUT2D eigenvalue weighted by Crippen LogP contribution is -2.39. The van der Waals surface area contributed by atoms with E-state index in [9.17, 15) is 0 Å². The number of nitrogens with two attached hydrogens (primary N) is 1. The Morgan fingerprint density at radius 3 is 2.91 bits per heavy atom. The van der Waals surface area contributed by atoms with E-state index < -0.39 is 0 Å². The van der Waals surface area contributed by atoms with Crippen LogP contribution in [0.1, 0.15) is 13.3 Å². The Bertz CT molecular complexity index is 111. The number of ether oxygens (including phenoxy) is 1. The first-order valence-electron chi connectivity index (χ1n) is 4.23. The third-order valence-corrected chi connectivity index (χ3v) is 2.10. The molecule has 3 heteroatoms. The highest BCUT2D eigenvalue weighted by Crippen LogP contribution is 2.09. The van der Waals surface area contributed by atoms with Gasteiger partial charge in [-0.1, -0.05) is 0 Å². The van der Waals surface area contributed by atoms with Gasteiger partial charge in [0, 0.05) is 25.2 Å². The van der Waals surface area contributed by atoms with Crippen molar-refractivity contribution >= 4 is 0 Å². The summed E-state index contributed by atoms with van der Waals surface area (Å²) in [5, 5.41) is 0. The van der Waals surface area contributed by atoms with Gasteiger partial charge in [-0.05, 0) is 20.4 Å². The molecule has 1 saturated heterocycles. The van der Waals surface area contributed by atoms with Crippen molar-refractivity contribution in [3.63, 3.8) is 0 Å². The van der Waals surface area contributed by atoms with Crippen LogP contribution in [0, 0.1) is 0 Å². The molecule has 1 aliphatic heterocycles. The molecular formula is C8H18N2O. The zero-order valence-corrected chi connectivity index (χ0v) is 7.42. The van der Waals surface area contributed by atoms with Crippen LogP contribution < -0.4 is 5.73 Å². The molecule has 0 aliphatic carbocycles. The number of rotatable bonds is 3. The maximum Gasteiger partial charge on any atom is 0.0622 e. The largest absolute Gasteiger partial charge is 0.380 e. The molecular weight excluding hydrogens is 140 g/mol. The van der Waals surface area contributed by atoms with Crippen molar-refractivity contribution in [3.8, 4) is 0 Å². The first-order valence-corrected chi connectivity index (χ1v) is 4.23. The minimum Gasteiger partial charge on any atom is -0.380 e. The van der Waals surface area contributed by atoms with E-state index in [0.717, 1.165) is 26.2 Å². The number of hydrogen-bond donors (Lipinski definition) is 1. The molecule has 1 fully saturated rings. The molecule has 1 unspecified atom stereocenters. The summed E-state index contributed by atoms with van der Waals surface area (Å²) in [6.45, 7) is 4.79. The summed E-state index contributed by atoms with van der Waals surface area (Å²) in [6, 6.07) is 0.863. The van der Waals surface area contributed by atoms with Crippen LogP contribution >= 0.6 is 0 Å². The molecule has 0 saturated carbocycles. The highest BCUT2D eigenvalue weighted by Gasteiger charge is 2.20. The second-order valence-corrected chi connectivity index (χ2v) is 3.43. The summed E-state index contributed by atoms with van der Waals surface area (Å²) < 4.78 is 5.28. The Morgan fingerprint density at radius 2 is 2.45 bits per heavy atom. The molecule has 0 spiro atoms. The second-order valence-electron chi connectivity index (χ2n) is 3.43. The summed E-state index contributed by atoms with van der Waals surface area (Å²) in [7, 11) is 2.11. The number of hydrogen-bond acceptors (Lipinski definition) is 3. The van der Waals surface area contributed by atoms with Gasteiger partial charge < -0.3 is 10.5 Å². The van der Waals surface area contributed by atoms with Crippen molar-refractivity contribution in [2.75, 3.05) is 26.8 Å². The molecule has 0 aromatic carbocycles. The third kappa shape index (κ3) is 2.77. The zero-order chi connectivity index (χ0) is 8.27. The van der Waals surface area contributed by atoms with Gasteiger partial charge in [0.15, 0.2) is 0 Å². The molecule has 2 atom stereocenters. The first kappa shape index (κ1) is 8.97. The average molecular weight is 158 g/mol. The van der Waals surface area contributed by atoms with Crippen LogP contribution in [0.2, 0.25) is 0 Å². The number of nitrogens with zero attached hydrogens (tertiary/aromatic N) is 1. The maximum atomic E-state index is 5.68. The fourth-order valence-electron chi connectivity index (χ4n) is 1.47. The van der Waals surface area contributed by atoms with Crippen LogP contribution in [0.15, 0.2) is 0 Å². The highest BCUT2D eigenvalue weighted by molar-refractivity contribution is 4.74. The van der Waals surface area contributed by atoms with E-state index in [4.69, 9.17) is 10.5 Å². The topological polar surface area (TPSA) is 38.5 Å². The zero-order valence-electron chi connectivity index (χ0n) is 7.42. The summed E-state index contributed by atoms with van der Waals surface area (Å²) in [4.78, 5) is 2.29. The summed E-state index contributed by atoms with van der Waals surface area (Å²) in [5.41, 5.74) is 5.68. The second kappa shape index (κ2) is 4.04. The van der Waals surface area contributed by atoms with E-state index in [0.29, 0.717) is 6.04 Å². The van der Waals surface area contributed by atoms with Crippen molar-refractivity contribution in [2.45, 2.75) is 25.4 Å². The molecule has 1 heterocycles. The molecule has 3 nitrogen and oxygen atoms in total. The maximum absolute atomic E-state index is 5.68. The number of likely N-dealkylation sites (N-methyl/N-ethyl adjacent to an activating group) is 1. The normalized spacial score (nSPS) is 27.8. The van der Waals surface area contributed by atoms with E-state index in [1.54, 1.807) is 0 Å². The summed E-state index contributed by atoms with van der Waals surface area (Å²) >= 11 is 0. The Morgan fingerprint density at radius 1 is 1.73 bits per heavy atom. The third-order valence-electron chi connectivity index (χ3n) is 2.10. The van der Waals surface area contributed by atoms with Gasteiger partial charge in [0.1, 0.15) is 0 Å². The molecule has 0 aromatic rings. The van der Waals surface area contributed by atoms with Crippen LogP contribution in [0.4, 0.5) is 0 Å². The van der Waals surface area contributed by atoms with Crippen LogP contribution in [0.25, 0.3) is 0 Å². The molecule has 0 aromatic heterocycles. The Kier molecular flexibility index (Phi) is 3.30. The molecule has 1 aliphatic rings. The molecule has 11 heavy (non-hydrogen) atoms. The quantitative estimate of drug-likeness (QED) is 0.631. The molecule has 2 N–H and O–H groups in total. The highest BCUT2D eigenvalue weighted by atomic mass is 16.5. The fourth-order valence-corrected chi connectivity index (χ4v) is 1.47.